The number of nitrogens with zero attached hydrogens (tertiary/aromatic N) is 2. The Morgan fingerprint density at radius 3 is 2.61 bits per heavy atom. The Morgan fingerprint density at radius 2 is 1.91 bits per heavy atom. The average Bonchev–Trinajstić information content (AvgIpc) is 2.79. The lowest BCUT2D eigenvalue weighted by Crippen LogP contribution is -2.42. The number of aromatic nitrogens is 2. The van der Waals surface area contributed by atoms with Gasteiger partial charge in [-0.15, -0.1) is 0 Å². The highest BCUT2D eigenvalue weighted by molar-refractivity contribution is 6.34. The predicted octanol–water partition coefficient (Wildman–Crippen LogP) is 3.17. The van der Waals surface area contributed by atoms with Crippen LogP contribution < -0.4 is 21.9 Å². The molecule has 0 bridgehead atoms. The van der Waals surface area contributed by atoms with E-state index in [1.165, 1.54) is 23.8 Å². The minimum atomic E-state index is -0.777. The summed E-state index contributed by atoms with van der Waals surface area (Å²) < 4.78 is 6.30. The number of methoxy groups -OCH3 is 1. The van der Waals surface area contributed by atoms with Crippen molar-refractivity contribution in [3.05, 3.63) is 96.6 Å². The van der Waals surface area contributed by atoms with E-state index >= 15 is 0 Å². The van der Waals surface area contributed by atoms with Crippen molar-refractivity contribution >= 4 is 46.7 Å². The first-order valence-corrected chi connectivity index (χ1v) is 10.7. The molecule has 0 aliphatic heterocycles. The van der Waals surface area contributed by atoms with Gasteiger partial charge in [0.25, 0.3) is 11.5 Å². The molecule has 3 aromatic rings. The second kappa shape index (κ2) is 11.0. The van der Waals surface area contributed by atoms with Gasteiger partial charge in [0.05, 0.1) is 13.2 Å². The number of ether oxygens (including phenoxy) is 1. The van der Waals surface area contributed by atoms with Gasteiger partial charge in [0.15, 0.2) is 5.69 Å². The molecular weight excluding hydrogens is 467 g/mol. The summed E-state index contributed by atoms with van der Waals surface area (Å²) in [5.41, 5.74) is 5.97. The van der Waals surface area contributed by atoms with Crippen molar-refractivity contribution in [2.75, 3.05) is 30.9 Å². The van der Waals surface area contributed by atoms with Crippen molar-refractivity contribution in [2.24, 2.45) is 0 Å². The molecule has 8 nitrogen and oxygen atoms in total. The van der Waals surface area contributed by atoms with Crippen LogP contribution in [0.1, 0.15) is 11.1 Å². The maximum absolute atomic E-state index is 13.1. The van der Waals surface area contributed by atoms with Gasteiger partial charge in [-0.25, -0.2) is 4.79 Å². The number of aromatic amines is 1. The number of halogens is 2. The number of nitrogen functional groups attached to an aromatic ring is 1. The number of amides is 1. The lowest BCUT2D eigenvalue weighted by atomic mass is 10.2. The molecule has 1 heterocycles. The molecule has 0 spiro atoms. The number of carbonyl (C=O) groups excluding carboxylic acids is 1. The smallest absolute Gasteiger partial charge is 0.330 e. The molecule has 2 aromatic carbocycles. The normalized spacial score (nSPS) is 11.1. The molecule has 0 radical (unpaired) electrons. The summed E-state index contributed by atoms with van der Waals surface area (Å²) in [5.74, 6) is -0.684. The molecule has 0 fully saturated rings. The molecule has 1 amide bonds. The third kappa shape index (κ3) is 5.92. The molecule has 33 heavy (non-hydrogen) atoms. The van der Waals surface area contributed by atoms with Crippen LogP contribution in [0.5, 0.6) is 0 Å². The fraction of sp³-hybridized carbons (Fsp3) is 0.174. The van der Waals surface area contributed by atoms with E-state index in [2.05, 4.69) is 4.98 Å². The molecule has 0 atom stereocenters. The Morgan fingerprint density at radius 1 is 1.18 bits per heavy atom. The highest BCUT2D eigenvalue weighted by Gasteiger charge is 2.23. The van der Waals surface area contributed by atoms with E-state index in [0.717, 1.165) is 10.5 Å². The Hall–Kier alpha value is -3.33. The Kier molecular flexibility index (Phi) is 8.11. The second-order valence-corrected chi connectivity index (χ2v) is 7.89. The van der Waals surface area contributed by atoms with Crippen LogP contribution in [-0.2, 0) is 16.1 Å². The van der Waals surface area contributed by atoms with E-state index in [0.29, 0.717) is 15.6 Å². The quantitative estimate of drug-likeness (QED) is 0.473. The van der Waals surface area contributed by atoms with Gasteiger partial charge in [0.1, 0.15) is 5.82 Å². The number of nitrogens with two attached hydrogens (primary N) is 1. The highest BCUT2D eigenvalue weighted by atomic mass is 35.5. The monoisotopic (exact) mass is 488 g/mol. The molecule has 0 aliphatic carbocycles. The highest BCUT2D eigenvalue weighted by Crippen LogP contribution is 2.23. The average molecular weight is 489 g/mol. The fourth-order valence-electron chi connectivity index (χ4n) is 3.17. The summed E-state index contributed by atoms with van der Waals surface area (Å²) in [6.07, 6.45) is 2.74. The van der Waals surface area contributed by atoms with E-state index < -0.39 is 17.2 Å². The van der Waals surface area contributed by atoms with Gasteiger partial charge in [-0.1, -0.05) is 53.5 Å². The number of nitrogens with one attached hydrogen (secondary N) is 1. The molecule has 3 N–H and O–H groups in total. The SMILES string of the molecule is COCCN(C(=O)/C=C/c1cc(Cl)ccc1Cl)c1c(N)n(Cc2ccccc2)c(=O)[nH]c1=O. The Balaban J connectivity index is 2.02. The number of anilines is 2. The first-order valence-electron chi connectivity index (χ1n) is 9.92. The molecule has 172 valence electrons. The van der Waals surface area contributed by atoms with Crippen molar-refractivity contribution in [1.29, 1.82) is 0 Å². The van der Waals surface area contributed by atoms with Crippen LogP contribution in [0.2, 0.25) is 10.0 Å². The maximum atomic E-state index is 13.1. The number of carbonyl (C=O) groups is 1. The van der Waals surface area contributed by atoms with Crippen LogP contribution in [0.4, 0.5) is 11.5 Å². The maximum Gasteiger partial charge on any atom is 0.330 e. The summed E-state index contributed by atoms with van der Waals surface area (Å²) >= 11 is 12.2. The fourth-order valence-corrected chi connectivity index (χ4v) is 3.53. The zero-order chi connectivity index (χ0) is 24.0. The molecule has 0 saturated heterocycles. The van der Waals surface area contributed by atoms with E-state index in [4.69, 9.17) is 33.7 Å². The molecule has 0 unspecified atom stereocenters. The summed E-state index contributed by atoms with van der Waals surface area (Å²) in [6, 6.07) is 14.0. The summed E-state index contributed by atoms with van der Waals surface area (Å²) in [4.78, 5) is 41.7. The number of rotatable bonds is 8. The van der Waals surface area contributed by atoms with E-state index in [-0.39, 0.29) is 31.2 Å². The molecule has 0 saturated carbocycles. The minimum Gasteiger partial charge on any atom is -0.383 e. The van der Waals surface area contributed by atoms with Crippen molar-refractivity contribution < 1.29 is 9.53 Å². The lowest BCUT2D eigenvalue weighted by Gasteiger charge is -2.23. The number of benzene rings is 2. The Labute approximate surface area is 199 Å². The third-order valence-electron chi connectivity index (χ3n) is 4.82. The molecule has 10 heteroatoms. The standard InChI is InChI=1S/C23H22Cl2N4O4/c1-33-12-11-28(19(30)10-7-16-13-17(24)8-9-18(16)25)20-21(26)29(23(32)27-22(20)31)14-15-5-3-2-4-6-15/h2-10,13H,11-12,14,26H2,1H3,(H,27,31,32)/b10-7+. The van der Waals surface area contributed by atoms with Gasteiger partial charge in [0.2, 0.25) is 0 Å². The zero-order valence-electron chi connectivity index (χ0n) is 17.8. The van der Waals surface area contributed by atoms with Crippen LogP contribution >= 0.6 is 23.2 Å². The van der Waals surface area contributed by atoms with Crippen molar-refractivity contribution in [2.45, 2.75) is 6.54 Å². The van der Waals surface area contributed by atoms with Gasteiger partial charge >= 0.3 is 5.69 Å². The molecular formula is C23H22Cl2N4O4. The number of H-pyrrole nitrogens is 1. The van der Waals surface area contributed by atoms with Crippen LogP contribution in [0.25, 0.3) is 6.08 Å². The molecule has 3 rings (SSSR count). The minimum absolute atomic E-state index is 0.0276. The number of hydrogen-bond donors (Lipinski definition) is 2. The van der Waals surface area contributed by atoms with Gasteiger partial charge in [-0.3, -0.25) is 24.0 Å². The lowest BCUT2D eigenvalue weighted by molar-refractivity contribution is -0.114. The second-order valence-electron chi connectivity index (χ2n) is 7.05. The van der Waals surface area contributed by atoms with Crippen molar-refractivity contribution in [3.8, 4) is 0 Å². The van der Waals surface area contributed by atoms with Crippen LogP contribution in [0, 0.1) is 0 Å². The van der Waals surface area contributed by atoms with Crippen LogP contribution in [0.3, 0.4) is 0 Å². The molecule has 1 aromatic heterocycles. The summed E-state index contributed by atoms with van der Waals surface area (Å²) in [5, 5.41) is 0.858. The van der Waals surface area contributed by atoms with E-state index in [1.54, 1.807) is 18.2 Å². The predicted molar refractivity (Wildman–Crippen MR) is 131 cm³/mol. The van der Waals surface area contributed by atoms with Gasteiger partial charge in [-0.05, 0) is 35.4 Å². The first kappa shape index (κ1) is 24.3. The van der Waals surface area contributed by atoms with E-state index in [1.807, 2.05) is 30.3 Å². The van der Waals surface area contributed by atoms with E-state index in [9.17, 15) is 14.4 Å². The summed E-state index contributed by atoms with van der Waals surface area (Å²) in [6.45, 7) is 0.281. The topological polar surface area (TPSA) is 110 Å². The third-order valence-corrected chi connectivity index (χ3v) is 5.40. The van der Waals surface area contributed by atoms with Crippen molar-refractivity contribution in [1.82, 2.24) is 9.55 Å². The van der Waals surface area contributed by atoms with Crippen molar-refractivity contribution in [3.63, 3.8) is 0 Å². The van der Waals surface area contributed by atoms with Gasteiger partial charge < -0.3 is 10.5 Å². The summed E-state index contributed by atoms with van der Waals surface area (Å²) in [7, 11) is 1.47. The Bertz CT molecular complexity index is 1290. The van der Waals surface area contributed by atoms with Crippen LogP contribution in [0.15, 0.2) is 64.2 Å². The number of hydrogen-bond acceptors (Lipinski definition) is 5. The van der Waals surface area contributed by atoms with Crippen LogP contribution in [-0.4, -0.2) is 35.7 Å². The molecule has 0 aliphatic rings. The first-order chi connectivity index (χ1) is 15.8. The zero-order valence-corrected chi connectivity index (χ0v) is 19.3. The van der Waals surface area contributed by atoms with Gasteiger partial charge in [-0.2, -0.15) is 0 Å². The largest absolute Gasteiger partial charge is 0.383 e. The van der Waals surface area contributed by atoms with Gasteiger partial charge in [0, 0.05) is 29.8 Å².